The molecule has 0 heterocycles. The van der Waals surface area contributed by atoms with Crippen LogP contribution >= 0.6 is 0 Å². The Bertz CT molecular complexity index is 603. The van der Waals surface area contributed by atoms with Crippen molar-refractivity contribution in [1.29, 1.82) is 0 Å². The molecule has 2 nitrogen and oxygen atoms in total. The maximum Gasteiger partial charge on any atom is 0.306 e. The molecule has 2 heteroatoms. The lowest BCUT2D eigenvalue weighted by molar-refractivity contribution is -0.154. The van der Waals surface area contributed by atoms with E-state index in [9.17, 15) is 4.79 Å². The SMILES string of the molecule is C=C(C)C(C)(C)c1cc(C)ccc1C.CC.CCCCCCC(=O)OC(C)(C)C. The highest BCUT2D eigenvalue weighted by atomic mass is 16.6. The van der Waals surface area contributed by atoms with E-state index in [-0.39, 0.29) is 17.0 Å². The molecule has 1 aromatic carbocycles. The summed E-state index contributed by atoms with van der Waals surface area (Å²) in [6.45, 7) is 26.8. The van der Waals surface area contributed by atoms with E-state index in [0.717, 1.165) is 12.8 Å². The minimum atomic E-state index is -0.332. The predicted molar refractivity (Wildman–Crippen MR) is 130 cm³/mol. The topological polar surface area (TPSA) is 26.3 Å². The molecule has 0 unspecified atom stereocenters. The second-order valence-electron chi connectivity index (χ2n) is 9.12. The summed E-state index contributed by atoms with van der Waals surface area (Å²) in [4.78, 5) is 11.2. The van der Waals surface area contributed by atoms with Crippen LogP contribution in [-0.2, 0) is 14.9 Å². The van der Waals surface area contributed by atoms with Crippen molar-refractivity contribution in [3.63, 3.8) is 0 Å². The lowest BCUT2D eigenvalue weighted by Crippen LogP contribution is -2.23. The van der Waals surface area contributed by atoms with Gasteiger partial charge in [0.1, 0.15) is 5.60 Å². The second kappa shape index (κ2) is 14.4. The van der Waals surface area contributed by atoms with E-state index in [1.54, 1.807) is 0 Å². The van der Waals surface area contributed by atoms with Crippen LogP contribution in [0.4, 0.5) is 0 Å². The third-order valence-electron chi connectivity index (χ3n) is 4.79. The van der Waals surface area contributed by atoms with E-state index in [1.165, 1.54) is 35.1 Å². The minimum Gasteiger partial charge on any atom is -0.460 e. The molecule has 0 amide bonds. The lowest BCUT2D eigenvalue weighted by atomic mass is 9.76. The Morgan fingerprint density at radius 3 is 2.00 bits per heavy atom. The number of esters is 1. The zero-order chi connectivity index (χ0) is 23.3. The summed E-state index contributed by atoms with van der Waals surface area (Å²) >= 11 is 0. The number of carbonyl (C=O) groups excluding carboxylic acids is 1. The number of hydrogen-bond donors (Lipinski definition) is 0. The molecule has 29 heavy (non-hydrogen) atoms. The number of benzene rings is 1. The molecule has 0 radical (unpaired) electrons. The van der Waals surface area contributed by atoms with Crippen LogP contribution in [0.5, 0.6) is 0 Å². The van der Waals surface area contributed by atoms with Gasteiger partial charge >= 0.3 is 5.97 Å². The second-order valence-corrected chi connectivity index (χ2v) is 9.12. The first-order chi connectivity index (χ1) is 13.3. The van der Waals surface area contributed by atoms with Crippen molar-refractivity contribution in [3.05, 3.63) is 47.0 Å². The Hall–Kier alpha value is -1.57. The van der Waals surface area contributed by atoms with E-state index in [1.807, 2.05) is 34.6 Å². The van der Waals surface area contributed by atoms with Crippen LogP contribution in [0.3, 0.4) is 0 Å². The average molecular weight is 405 g/mol. The van der Waals surface area contributed by atoms with Gasteiger partial charge in [0.05, 0.1) is 0 Å². The van der Waals surface area contributed by atoms with Crippen molar-refractivity contribution >= 4 is 5.97 Å². The molecule has 0 saturated carbocycles. The first-order valence-corrected chi connectivity index (χ1v) is 11.3. The van der Waals surface area contributed by atoms with Crippen molar-refractivity contribution in [3.8, 4) is 0 Å². The first kappa shape index (κ1) is 29.6. The first-order valence-electron chi connectivity index (χ1n) is 11.3. The Labute approximate surface area is 182 Å². The van der Waals surface area contributed by atoms with Gasteiger partial charge in [0.15, 0.2) is 0 Å². The van der Waals surface area contributed by atoms with Gasteiger partial charge in [-0.1, -0.05) is 89.8 Å². The zero-order valence-electron chi connectivity index (χ0n) is 21.3. The summed E-state index contributed by atoms with van der Waals surface area (Å²) < 4.78 is 5.18. The fourth-order valence-electron chi connectivity index (χ4n) is 2.73. The van der Waals surface area contributed by atoms with E-state index >= 15 is 0 Å². The lowest BCUT2D eigenvalue weighted by Gasteiger charge is -2.28. The number of rotatable bonds is 7. The number of ether oxygens (including phenoxy) is 1. The van der Waals surface area contributed by atoms with Crippen molar-refractivity contribution in [1.82, 2.24) is 0 Å². The Kier molecular flexibility index (Phi) is 14.7. The summed E-state index contributed by atoms with van der Waals surface area (Å²) in [6.07, 6.45) is 5.08. The smallest absolute Gasteiger partial charge is 0.306 e. The maximum atomic E-state index is 11.2. The normalized spacial score (nSPS) is 10.9. The van der Waals surface area contributed by atoms with Crippen LogP contribution in [-0.4, -0.2) is 11.6 Å². The van der Waals surface area contributed by atoms with Gasteiger partial charge in [-0.15, -0.1) is 0 Å². The Morgan fingerprint density at radius 1 is 1.00 bits per heavy atom. The van der Waals surface area contributed by atoms with Crippen LogP contribution in [0.2, 0.25) is 0 Å². The van der Waals surface area contributed by atoms with Gasteiger partial charge in [-0.05, 0) is 59.1 Å². The molecule has 168 valence electrons. The molecule has 0 atom stereocenters. The van der Waals surface area contributed by atoms with Crippen molar-refractivity contribution in [2.75, 3.05) is 0 Å². The quantitative estimate of drug-likeness (QED) is 0.259. The fourth-order valence-corrected chi connectivity index (χ4v) is 2.73. The van der Waals surface area contributed by atoms with Gasteiger partial charge in [-0.2, -0.15) is 0 Å². The van der Waals surface area contributed by atoms with Crippen LogP contribution in [0, 0.1) is 13.8 Å². The van der Waals surface area contributed by atoms with Gasteiger partial charge < -0.3 is 4.74 Å². The number of hydrogen-bond acceptors (Lipinski definition) is 2. The van der Waals surface area contributed by atoms with Crippen molar-refractivity contribution < 1.29 is 9.53 Å². The molecule has 1 rings (SSSR count). The van der Waals surface area contributed by atoms with Gasteiger partial charge in [0, 0.05) is 11.8 Å². The van der Waals surface area contributed by atoms with E-state index < -0.39 is 0 Å². The molecule has 0 aliphatic rings. The largest absolute Gasteiger partial charge is 0.460 e. The van der Waals surface area contributed by atoms with Crippen LogP contribution in [0.1, 0.15) is 111 Å². The molecule has 0 spiro atoms. The number of aryl methyl sites for hydroxylation is 2. The predicted octanol–water partition coefficient (Wildman–Crippen LogP) is 8.48. The number of carbonyl (C=O) groups is 1. The van der Waals surface area contributed by atoms with Gasteiger partial charge in [-0.3, -0.25) is 4.79 Å². The third kappa shape index (κ3) is 13.3. The van der Waals surface area contributed by atoms with Gasteiger partial charge in [0.25, 0.3) is 0 Å². The highest BCUT2D eigenvalue weighted by molar-refractivity contribution is 5.69. The molecular weight excluding hydrogens is 356 g/mol. The highest BCUT2D eigenvalue weighted by Crippen LogP contribution is 2.32. The number of unbranched alkanes of at least 4 members (excludes halogenated alkanes) is 3. The summed E-state index contributed by atoms with van der Waals surface area (Å²) in [7, 11) is 0. The summed E-state index contributed by atoms with van der Waals surface area (Å²) in [6, 6.07) is 6.62. The average Bonchev–Trinajstić information content (AvgIpc) is 2.61. The van der Waals surface area contributed by atoms with Crippen LogP contribution in [0.25, 0.3) is 0 Å². The molecule has 0 aliphatic heterocycles. The Balaban J connectivity index is 0. The molecule has 0 saturated heterocycles. The summed E-state index contributed by atoms with van der Waals surface area (Å²) in [5.74, 6) is -0.0661. The van der Waals surface area contributed by atoms with Crippen LogP contribution in [0.15, 0.2) is 30.4 Å². The van der Waals surface area contributed by atoms with Crippen molar-refractivity contribution in [2.45, 2.75) is 119 Å². The van der Waals surface area contributed by atoms with E-state index in [2.05, 4.69) is 66.3 Å². The molecule has 0 aliphatic carbocycles. The molecule has 0 bridgehead atoms. The van der Waals surface area contributed by atoms with Crippen LogP contribution < -0.4 is 0 Å². The van der Waals surface area contributed by atoms with Gasteiger partial charge in [-0.25, -0.2) is 0 Å². The molecule has 1 aromatic rings. The van der Waals surface area contributed by atoms with Gasteiger partial charge in [0.2, 0.25) is 0 Å². The number of allylic oxidation sites excluding steroid dienone is 1. The molecule has 0 N–H and O–H groups in total. The molecule has 0 aromatic heterocycles. The summed E-state index contributed by atoms with van der Waals surface area (Å²) in [5.41, 5.74) is 5.03. The maximum absolute atomic E-state index is 11.2. The fraction of sp³-hybridized carbons (Fsp3) is 0.667. The molecule has 0 fully saturated rings. The highest BCUT2D eigenvalue weighted by Gasteiger charge is 2.23. The van der Waals surface area contributed by atoms with Crippen molar-refractivity contribution in [2.24, 2.45) is 0 Å². The van der Waals surface area contributed by atoms with E-state index in [0.29, 0.717) is 6.42 Å². The Morgan fingerprint density at radius 2 is 1.55 bits per heavy atom. The minimum absolute atomic E-state index is 0.0661. The standard InChI is InChI=1S/C14H20.C11H22O2.C2H6/c1-10(2)14(5,6)13-9-11(3)7-8-12(13)4;1-5-6-7-8-9-10(12)13-11(2,3)4;1-2/h7-9H,1H2,2-6H3;5-9H2,1-4H3;1-2H3. The molecular formula is C27H48O2. The van der Waals surface area contributed by atoms with E-state index in [4.69, 9.17) is 4.74 Å². The summed E-state index contributed by atoms with van der Waals surface area (Å²) in [5, 5.41) is 0. The zero-order valence-corrected chi connectivity index (χ0v) is 21.3. The monoisotopic (exact) mass is 404 g/mol. The third-order valence-corrected chi connectivity index (χ3v) is 4.79.